The molecule has 0 bridgehead atoms. The molecule has 1 heterocycles. The Morgan fingerprint density at radius 2 is 1.76 bits per heavy atom. The van der Waals surface area contributed by atoms with E-state index in [4.69, 9.17) is 10.5 Å². The van der Waals surface area contributed by atoms with E-state index in [-0.39, 0.29) is 23.1 Å². The number of rotatable bonds is 6. The van der Waals surface area contributed by atoms with Gasteiger partial charge in [0, 0.05) is 23.3 Å². The van der Waals surface area contributed by atoms with Gasteiger partial charge >= 0.3 is 0 Å². The van der Waals surface area contributed by atoms with Gasteiger partial charge in [-0.2, -0.15) is 5.26 Å². The third-order valence-electron chi connectivity index (χ3n) is 6.60. The fraction of sp³-hybridized carbons (Fsp3) is 0.167. The van der Waals surface area contributed by atoms with E-state index in [2.05, 4.69) is 11.5 Å². The highest BCUT2D eigenvalue weighted by Crippen LogP contribution is 2.44. The second-order valence-corrected chi connectivity index (χ2v) is 8.97. The van der Waals surface area contributed by atoms with Crippen LogP contribution < -0.4 is 15.9 Å². The van der Waals surface area contributed by atoms with Gasteiger partial charge in [0.05, 0.1) is 17.6 Å². The highest BCUT2D eigenvalue weighted by Gasteiger charge is 2.40. The summed E-state index contributed by atoms with van der Waals surface area (Å²) in [6, 6.07) is 28.2. The smallest absolute Gasteiger partial charge is 0.270 e. The molecule has 0 saturated heterocycles. The molecular weight excluding hydrogens is 464 g/mol. The molecule has 1 aliphatic heterocycles. The normalized spacial score (nSPS) is 17.2. The minimum Gasteiger partial charge on any atom is -0.489 e. The summed E-state index contributed by atoms with van der Waals surface area (Å²) in [6.07, 6.45) is 1.56. The van der Waals surface area contributed by atoms with Gasteiger partial charge in [0.2, 0.25) is 0 Å². The van der Waals surface area contributed by atoms with Gasteiger partial charge in [-0.05, 0) is 48.2 Å². The van der Waals surface area contributed by atoms with Gasteiger partial charge in [-0.1, -0.05) is 60.7 Å². The molecular formula is C30H26N4O3. The molecule has 0 radical (unpaired) electrons. The molecule has 0 aromatic heterocycles. The number of amides is 1. The molecule has 2 aliphatic rings. The van der Waals surface area contributed by atoms with Crippen molar-refractivity contribution in [3.8, 4) is 11.8 Å². The maximum atomic E-state index is 13.3. The lowest BCUT2D eigenvalue weighted by molar-refractivity contribution is -0.116. The van der Waals surface area contributed by atoms with Crippen molar-refractivity contribution in [3.05, 3.63) is 124 Å². The number of nitrogens with one attached hydrogen (secondary N) is 1. The van der Waals surface area contributed by atoms with E-state index in [0.29, 0.717) is 48.5 Å². The topological polar surface area (TPSA) is 108 Å². The van der Waals surface area contributed by atoms with Crippen LogP contribution in [0.1, 0.15) is 46.7 Å². The summed E-state index contributed by atoms with van der Waals surface area (Å²) in [6.45, 7) is 0.393. The third-order valence-corrected chi connectivity index (χ3v) is 6.60. The summed E-state index contributed by atoms with van der Waals surface area (Å²) in [5.41, 5.74) is 12.9. The van der Waals surface area contributed by atoms with Gasteiger partial charge in [0.25, 0.3) is 5.91 Å². The summed E-state index contributed by atoms with van der Waals surface area (Å²) >= 11 is 0. The largest absolute Gasteiger partial charge is 0.489 e. The Bertz CT molecular complexity index is 1440. The number of hydrazine groups is 1. The van der Waals surface area contributed by atoms with E-state index >= 15 is 0 Å². The van der Waals surface area contributed by atoms with Crippen LogP contribution in [-0.4, -0.2) is 16.7 Å². The highest BCUT2D eigenvalue weighted by atomic mass is 16.5. The molecule has 3 N–H and O–H groups in total. The van der Waals surface area contributed by atoms with Gasteiger partial charge in [0.1, 0.15) is 18.2 Å². The van der Waals surface area contributed by atoms with Crippen LogP contribution in [0.5, 0.6) is 5.75 Å². The Balaban J connectivity index is 1.51. The van der Waals surface area contributed by atoms with Gasteiger partial charge in [-0.3, -0.25) is 15.0 Å². The van der Waals surface area contributed by atoms with E-state index in [1.54, 1.807) is 24.3 Å². The molecule has 7 heteroatoms. The van der Waals surface area contributed by atoms with Crippen molar-refractivity contribution in [2.75, 3.05) is 0 Å². The average molecular weight is 491 g/mol. The van der Waals surface area contributed by atoms with Crippen molar-refractivity contribution >= 4 is 11.7 Å². The molecule has 0 fully saturated rings. The second-order valence-electron chi connectivity index (χ2n) is 8.97. The number of nitrogens with two attached hydrogens (primary N) is 1. The number of nitriles is 1. The van der Waals surface area contributed by atoms with Crippen LogP contribution >= 0.6 is 0 Å². The SMILES string of the molecule is N#CC1=C(N)N(NC(=O)c2ccccc2)C2=C(C(=O)CCC2)C1c1cccc(OCc2ccccc2)c1. The number of hydrogen-bond acceptors (Lipinski definition) is 6. The first-order chi connectivity index (χ1) is 18.1. The van der Waals surface area contributed by atoms with Gasteiger partial charge in [0.15, 0.2) is 5.78 Å². The predicted molar refractivity (Wildman–Crippen MR) is 138 cm³/mol. The van der Waals surface area contributed by atoms with Crippen LogP contribution in [0, 0.1) is 11.3 Å². The van der Waals surface area contributed by atoms with Crippen LogP contribution in [0.3, 0.4) is 0 Å². The maximum absolute atomic E-state index is 13.3. The molecule has 1 unspecified atom stereocenters. The molecule has 184 valence electrons. The molecule has 37 heavy (non-hydrogen) atoms. The third kappa shape index (κ3) is 4.82. The zero-order valence-corrected chi connectivity index (χ0v) is 20.2. The number of hydrogen-bond donors (Lipinski definition) is 2. The summed E-state index contributed by atoms with van der Waals surface area (Å²) in [5.74, 6) is -0.331. The van der Waals surface area contributed by atoms with Crippen LogP contribution in [0.2, 0.25) is 0 Å². The number of ether oxygens (including phenoxy) is 1. The predicted octanol–water partition coefficient (Wildman–Crippen LogP) is 4.71. The number of nitrogens with zero attached hydrogens (tertiary/aromatic N) is 2. The van der Waals surface area contributed by atoms with Crippen LogP contribution in [-0.2, 0) is 11.4 Å². The zero-order valence-electron chi connectivity index (χ0n) is 20.2. The minimum atomic E-state index is -0.641. The van der Waals surface area contributed by atoms with Crippen molar-refractivity contribution in [1.29, 1.82) is 5.26 Å². The number of Topliss-reactive ketones (excluding diaryl/α,β-unsaturated/α-hetero) is 1. The van der Waals surface area contributed by atoms with E-state index in [1.165, 1.54) is 5.01 Å². The first-order valence-corrected chi connectivity index (χ1v) is 12.2. The van der Waals surface area contributed by atoms with Gasteiger partial charge in [-0.15, -0.1) is 0 Å². The minimum absolute atomic E-state index is 0.0546. The first kappa shape index (κ1) is 23.9. The van der Waals surface area contributed by atoms with E-state index in [0.717, 1.165) is 11.1 Å². The molecule has 5 rings (SSSR count). The Morgan fingerprint density at radius 3 is 2.49 bits per heavy atom. The van der Waals surface area contributed by atoms with Gasteiger partial charge < -0.3 is 10.5 Å². The first-order valence-electron chi connectivity index (χ1n) is 12.2. The van der Waals surface area contributed by atoms with Crippen molar-refractivity contribution in [3.63, 3.8) is 0 Å². The van der Waals surface area contributed by atoms with E-state index < -0.39 is 5.92 Å². The summed E-state index contributed by atoms with van der Waals surface area (Å²) < 4.78 is 6.01. The fourth-order valence-corrected chi connectivity index (χ4v) is 4.83. The number of benzene rings is 3. The quantitative estimate of drug-likeness (QED) is 0.518. The molecule has 7 nitrogen and oxygen atoms in total. The number of carbonyl (C=O) groups is 2. The summed E-state index contributed by atoms with van der Waals surface area (Å²) in [7, 11) is 0. The van der Waals surface area contributed by atoms with E-state index in [9.17, 15) is 14.9 Å². The van der Waals surface area contributed by atoms with Crippen molar-refractivity contribution < 1.29 is 14.3 Å². The average Bonchev–Trinajstić information content (AvgIpc) is 2.94. The Kier molecular flexibility index (Phi) is 6.73. The van der Waals surface area contributed by atoms with E-state index in [1.807, 2.05) is 60.7 Å². The number of allylic oxidation sites excluding steroid dienone is 3. The van der Waals surface area contributed by atoms with Crippen molar-refractivity contribution in [2.24, 2.45) is 5.73 Å². The van der Waals surface area contributed by atoms with Crippen molar-refractivity contribution in [1.82, 2.24) is 10.4 Å². The zero-order chi connectivity index (χ0) is 25.8. The standard InChI is InChI=1S/C30H26N4O3/c31-18-24-27(22-13-7-14-23(17-22)37-19-20-9-3-1-4-10-20)28-25(15-8-16-26(28)35)34(29(24)32)33-30(36)21-11-5-2-6-12-21/h1-7,9-14,17,27H,8,15-16,19,32H2,(H,33,36). The van der Waals surface area contributed by atoms with Crippen LogP contribution in [0.25, 0.3) is 0 Å². The van der Waals surface area contributed by atoms with Crippen molar-refractivity contribution in [2.45, 2.75) is 31.8 Å². The monoisotopic (exact) mass is 490 g/mol. The second kappa shape index (κ2) is 10.4. The summed E-state index contributed by atoms with van der Waals surface area (Å²) in [5, 5.41) is 11.6. The lowest BCUT2D eigenvalue weighted by atomic mass is 9.76. The molecule has 1 amide bonds. The molecule has 0 saturated carbocycles. The molecule has 0 spiro atoms. The molecule has 3 aromatic carbocycles. The number of ketones is 1. The van der Waals surface area contributed by atoms with Crippen LogP contribution in [0.15, 0.2) is 108 Å². The molecule has 3 aromatic rings. The Labute approximate surface area is 215 Å². The molecule has 1 atom stereocenters. The van der Waals surface area contributed by atoms with Crippen LogP contribution in [0.4, 0.5) is 0 Å². The lowest BCUT2D eigenvalue weighted by Gasteiger charge is -2.39. The fourth-order valence-electron chi connectivity index (χ4n) is 4.83. The highest BCUT2D eigenvalue weighted by molar-refractivity contribution is 6.00. The lowest BCUT2D eigenvalue weighted by Crippen LogP contribution is -2.48. The Morgan fingerprint density at radius 1 is 1.03 bits per heavy atom. The number of carbonyl (C=O) groups excluding carboxylic acids is 2. The summed E-state index contributed by atoms with van der Waals surface area (Å²) in [4.78, 5) is 26.2. The molecule has 1 aliphatic carbocycles. The van der Waals surface area contributed by atoms with Gasteiger partial charge in [-0.25, -0.2) is 5.01 Å². The Hall–Kier alpha value is -4.83. The maximum Gasteiger partial charge on any atom is 0.270 e.